The van der Waals surface area contributed by atoms with Gasteiger partial charge < -0.3 is 10.6 Å². The van der Waals surface area contributed by atoms with Crippen molar-refractivity contribution in [1.82, 2.24) is 4.90 Å². The summed E-state index contributed by atoms with van der Waals surface area (Å²) >= 11 is 0. The van der Waals surface area contributed by atoms with Crippen LogP contribution in [0.4, 0.5) is 4.39 Å². The van der Waals surface area contributed by atoms with Crippen molar-refractivity contribution < 1.29 is 9.18 Å². The highest BCUT2D eigenvalue weighted by molar-refractivity contribution is 6.00. The summed E-state index contributed by atoms with van der Waals surface area (Å²) in [5, 5.41) is 7.97. The summed E-state index contributed by atoms with van der Waals surface area (Å²) in [6.45, 7) is 2.37. The number of nitrogens with two attached hydrogens (primary N) is 1. The molecule has 90 valence electrons. The number of nitrogens with zero attached hydrogens (tertiary/aromatic N) is 1. The molecule has 0 bridgehead atoms. The van der Waals surface area contributed by atoms with Crippen LogP contribution in [-0.2, 0) is 11.3 Å². The highest BCUT2D eigenvalue weighted by Gasteiger charge is 2.28. The number of amidine groups is 1. The molecule has 1 unspecified atom stereocenters. The quantitative estimate of drug-likeness (QED) is 0.827. The maximum absolute atomic E-state index is 13.1. The van der Waals surface area contributed by atoms with Gasteiger partial charge in [0.15, 0.2) is 0 Å². The van der Waals surface area contributed by atoms with Gasteiger partial charge in [-0.2, -0.15) is 0 Å². The van der Waals surface area contributed by atoms with E-state index in [0.29, 0.717) is 12.1 Å². The molecule has 1 aliphatic heterocycles. The SMILES string of the molecule is CC(CC(N)=O)N1Cc2ccc(F)cc2C1=N. The van der Waals surface area contributed by atoms with Crippen LogP contribution in [0.2, 0.25) is 0 Å². The fourth-order valence-corrected chi connectivity index (χ4v) is 2.10. The molecule has 17 heavy (non-hydrogen) atoms. The molecular weight excluding hydrogens is 221 g/mol. The summed E-state index contributed by atoms with van der Waals surface area (Å²) < 4.78 is 13.1. The van der Waals surface area contributed by atoms with Crippen LogP contribution in [0.1, 0.15) is 24.5 Å². The van der Waals surface area contributed by atoms with E-state index in [-0.39, 0.29) is 24.1 Å². The Morgan fingerprint density at radius 2 is 2.35 bits per heavy atom. The lowest BCUT2D eigenvalue weighted by Crippen LogP contribution is -2.36. The third-order valence-corrected chi connectivity index (χ3v) is 2.98. The molecule has 2 rings (SSSR count). The van der Waals surface area contributed by atoms with Crippen molar-refractivity contribution in [1.29, 1.82) is 5.41 Å². The molecule has 0 spiro atoms. The topological polar surface area (TPSA) is 70.2 Å². The van der Waals surface area contributed by atoms with Crippen molar-refractivity contribution >= 4 is 11.7 Å². The fraction of sp³-hybridized carbons (Fsp3) is 0.333. The van der Waals surface area contributed by atoms with Gasteiger partial charge in [0.25, 0.3) is 0 Å². The third-order valence-electron chi connectivity index (χ3n) is 2.98. The minimum Gasteiger partial charge on any atom is -0.370 e. The fourth-order valence-electron chi connectivity index (χ4n) is 2.10. The Morgan fingerprint density at radius 1 is 1.65 bits per heavy atom. The molecule has 0 saturated carbocycles. The summed E-state index contributed by atoms with van der Waals surface area (Å²) in [5.74, 6) is -0.487. The van der Waals surface area contributed by atoms with Crippen molar-refractivity contribution in [2.45, 2.75) is 25.9 Å². The van der Waals surface area contributed by atoms with Crippen LogP contribution < -0.4 is 5.73 Å². The molecule has 1 aromatic carbocycles. The summed E-state index contributed by atoms with van der Waals surface area (Å²) in [4.78, 5) is 12.6. The first-order chi connectivity index (χ1) is 7.99. The first-order valence-corrected chi connectivity index (χ1v) is 5.41. The summed E-state index contributed by atoms with van der Waals surface area (Å²) in [6.07, 6.45) is 0.193. The first kappa shape index (κ1) is 11.6. The number of fused-ring (bicyclic) bond motifs is 1. The van der Waals surface area contributed by atoms with Gasteiger partial charge in [0.1, 0.15) is 11.7 Å². The Morgan fingerprint density at radius 3 is 3.00 bits per heavy atom. The molecule has 1 amide bonds. The number of primary amides is 1. The van der Waals surface area contributed by atoms with E-state index in [2.05, 4.69) is 0 Å². The van der Waals surface area contributed by atoms with E-state index >= 15 is 0 Å². The van der Waals surface area contributed by atoms with Crippen molar-refractivity contribution in [3.63, 3.8) is 0 Å². The molecule has 0 radical (unpaired) electrons. The third kappa shape index (κ3) is 2.13. The number of benzene rings is 1. The summed E-state index contributed by atoms with van der Waals surface area (Å²) in [6, 6.07) is 4.27. The highest BCUT2D eigenvalue weighted by atomic mass is 19.1. The smallest absolute Gasteiger partial charge is 0.219 e. The molecule has 0 aromatic heterocycles. The predicted molar refractivity (Wildman–Crippen MR) is 62.0 cm³/mol. The van der Waals surface area contributed by atoms with Gasteiger partial charge in [-0.25, -0.2) is 4.39 Å². The molecule has 1 aromatic rings. The average Bonchev–Trinajstić information content (AvgIpc) is 2.55. The average molecular weight is 235 g/mol. The van der Waals surface area contributed by atoms with Crippen LogP contribution in [-0.4, -0.2) is 22.7 Å². The van der Waals surface area contributed by atoms with Gasteiger partial charge in [-0.3, -0.25) is 10.2 Å². The zero-order valence-corrected chi connectivity index (χ0v) is 9.53. The lowest BCUT2D eigenvalue weighted by molar-refractivity contribution is -0.118. The van der Waals surface area contributed by atoms with Crippen molar-refractivity contribution in [2.75, 3.05) is 0 Å². The van der Waals surface area contributed by atoms with Crippen LogP contribution >= 0.6 is 0 Å². The highest BCUT2D eigenvalue weighted by Crippen LogP contribution is 2.25. The zero-order chi connectivity index (χ0) is 12.6. The second-order valence-corrected chi connectivity index (χ2v) is 4.30. The monoisotopic (exact) mass is 235 g/mol. The van der Waals surface area contributed by atoms with Crippen LogP contribution in [0.15, 0.2) is 18.2 Å². The number of halogens is 1. The van der Waals surface area contributed by atoms with Crippen molar-refractivity contribution in [2.24, 2.45) is 5.73 Å². The van der Waals surface area contributed by atoms with Gasteiger partial charge in [0, 0.05) is 24.6 Å². The molecule has 4 nitrogen and oxygen atoms in total. The Labute approximate surface area is 98.7 Å². The maximum atomic E-state index is 13.1. The van der Waals surface area contributed by atoms with E-state index in [4.69, 9.17) is 11.1 Å². The largest absolute Gasteiger partial charge is 0.370 e. The molecule has 1 atom stereocenters. The first-order valence-electron chi connectivity index (χ1n) is 5.41. The molecular formula is C12H14FN3O. The van der Waals surface area contributed by atoms with Gasteiger partial charge in [-0.1, -0.05) is 6.07 Å². The van der Waals surface area contributed by atoms with Crippen LogP contribution in [0.5, 0.6) is 0 Å². The summed E-state index contributed by atoms with van der Waals surface area (Å²) in [7, 11) is 0. The maximum Gasteiger partial charge on any atom is 0.219 e. The standard InChI is InChI=1S/C12H14FN3O/c1-7(4-11(14)17)16-6-8-2-3-9(13)5-10(8)12(16)15/h2-3,5,7,15H,4,6H2,1H3,(H2,14,17). The second kappa shape index (κ2) is 4.16. The number of amides is 1. The van der Waals surface area contributed by atoms with Crippen LogP contribution in [0.25, 0.3) is 0 Å². The summed E-state index contributed by atoms with van der Waals surface area (Å²) in [5.41, 5.74) is 6.65. The normalized spacial score (nSPS) is 15.9. The molecule has 3 N–H and O–H groups in total. The van der Waals surface area contributed by atoms with Crippen molar-refractivity contribution in [3.8, 4) is 0 Å². The van der Waals surface area contributed by atoms with Gasteiger partial charge >= 0.3 is 0 Å². The van der Waals surface area contributed by atoms with E-state index < -0.39 is 5.91 Å². The van der Waals surface area contributed by atoms with E-state index in [1.807, 2.05) is 6.92 Å². The van der Waals surface area contributed by atoms with Gasteiger partial charge in [-0.05, 0) is 24.6 Å². The van der Waals surface area contributed by atoms with Crippen LogP contribution in [0, 0.1) is 11.2 Å². The number of hydrogen-bond donors (Lipinski definition) is 2. The second-order valence-electron chi connectivity index (χ2n) is 4.30. The lowest BCUT2D eigenvalue weighted by Gasteiger charge is -2.24. The molecule has 1 heterocycles. The number of carbonyl (C=O) groups excluding carboxylic acids is 1. The molecule has 5 heteroatoms. The Kier molecular flexibility index (Phi) is 2.83. The number of rotatable bonds is 3. The Bertz CT molecular complexity index is 487. The number of carbonyl (C=O) groups is 1. The van der Waals surface area contributed by atoms with Gasteiger partial charge in [-0.15, -0.1) is 0 Å². The van der Waals surface area contributed by atoms with Gasteiger partial charge in [0.2, 0.25) is 5.91 Å². The Balaban J connectivity index is 2.22. The minimum absolute atomic E-state index is 0.143. The predicted octanol–water partition coefficient (Wildman–Crippen LogP) is 1.23. The minimum atomic E-state index is -0.396. The number of nitrogens with one attached hydrogen (secondary N) is 1. The number of hydrogen-bond acceptors (Lipinski definition) is 2. The van der Waals surface area contributed by atoms with E-state index in [1.165, 1.54) is 12.1 Å². The van der Waals surface area contributed by atoms with E-state index in [9.17, 15) is 9.18 Å². The molecule has 0 fully saturated rings. The van der Waals surface area contributed by atoms with Crippen molar-refractivity contribution in [3.05, 3.63) is 35.1 Å². The van der Waals surface area contributed by atoms with Crippen LogP contribution in [0.3, 0.4) is 0 Å². The van der Waals surface area contributed by atoms with E-state index in [1.54, 1.807) is 11.0 Å². The Hall–Kier alpha value is -1.91. The zero-order valence-electron chi connectivity index (χ0n) is 9.53. The molecule has 0 saturated heterocycles. The molecule has 0 aliphatic carbocycles. The lowest BCUT2D eigenvalue weighted by atomic mass is 10.1. The van der Waals surface area contributed by atoms with E-state index in [0.717, 1.165) is 5.56 Å². The van der Waals surface area contributed by atoms with Gasteiger partial charge in [0.05, 0.1) is 0 Å². The molecule has 1 aliphatic rings.